The smallest absolute Gasteiger partial charge is 0.248 e. The molecule has 1 aromatic rings. The summed E-state index contributed by atoms with van der Waals surface area (Å²) in [5, 5.41) is 0. The van der Waals surface area contributed by atoms with Crippen molar-refractivity contribution in [2.45, 2.75) is 19.9 Å². The molecule has 1 fully saturated rings. The zero-order valence-corrected chi connectivity index (χ0v) is 11.0. The summed E-state index contributed by atoms with van der Waals surface area (Å²) in [6.07, 6.45) is 0. The lowest BCUT2D eigenvalue weighted by Gasteiger charge is -2.32. The Labute approximate surface area is 108 Å². The first-order chi connectivity index (χ1) is 8.59. The highest BCUT2D eigenvalue weighted by molar-refractivity contribution is 5.94. The second-order valence-electron chi connectivity index (χ2n) is 4.76. The summed E-state index contributed by atoms with van der Waals surface area (Å²) < 4.78 is 5.35. The quantitative estimate of drug-likeness (QED) is 0.881. The van der Waals surface area contributed by atoms with Gasteiger partial charge in [0.1, 0.15) is 0 Å². The third-order valence-corrected chi connectivity index (χ3v) is 3.60. The average molecular weight is 248 g/mol. The van der Waals surface area contributed by atoms with Crippen LogP contribution in [0.1, 0.15) is 34.5 Å². The normalized spacial score (nSPS) is 18.6. The second kappa shape index (κ2) is 5.50. The van der Waals surface area contributed by atoms with E-state index in [-0.39, 0.29) is 11.9 Å². The molecule has 4 heteroatoms. The van der Waals surface area contributed by atoms with Crippen molar-refractivity contribution in [2.75, 3.05) is 26.3 Å². The van der Waals surface area contributed by atoms with Gasteiger partial charge in [-0.25, -0.2) is 0 Å². The SMILES string of the molecule is Cc1ccc(C(C)N2CCOCC2)cc1C(N)=O. The molecule has 1 amide bonds. The van der Waals surface area contributed by atoms with E-state index in [0.29, 0.717) is 5.56 Å². The standard InChI is InChI=1S/C14H20N2O2/c1-10-3-4-12(9-13(10)14(15)17)11(2)16-5-7-18-8-6-16/h3-4,9,11H,5-8H2,1-2H3,(H2,15,17). The molecule has 1 saturated heterocycles. The Balaban J connectivity index is 2.21. The third kappa shape index (κ3) is 2.71. The van der Waals surface area contributed by atoms with Crippen molar-refractivity contribution in [3.63, 3.8) is 0 Å². The molecule has 98 valence electrons. The molecule has 2 N–H and O–H groups in total. The minimum absolute atomic E-state index is 0.285. The fourth-order valence-corrected chi connectivity index (χ4v) is 2.34. The van der Waals surface area contributed by atoms with E-state index in [4.69, 9.17) is 10.5 Å². The van der Waals surface area contributed by atoms with Crippen molar-refractivity contribution in [2.24, 2.45) is 5.73 Å². The first kappa shape index (κ1) is 13.1. The predicted octanol–water partition coefficient (Wildman–Crippen LogP) is 1.49. The van der Waals surface area contributed by atoms with Crippen molar-refractivity contribution < 1.29 is 9.53 Å². The van der Waals surface area contributed by atoms with Crippen LogP contribution in [0.2, 0.25) is 0 Å². The first-order valence-electron chi connectivity index (χ1n) is 6.31. The summed E-state index contributed by atoms with van der Waals surface area (Å²) in [5.41, 5.74) is 8.07. The molecule has 0 aromatic heterocycles. The number of ether oxygens (including phenoxy) is 1. The number of primary amides is 1. The van der Waals surface area contributed by atoms with Crippen LogP contribution in [0.4, 0.5) is 0 Å². The number of carbonyl (C=O) groups is 1. The number of carbonyl (C=O) groups excluding carboxylic acids is 1. The third-order valence-electron chi connectivity index (χ3n) is 3.60. The summed E-state index contributed by atoms with van der Waals surface area (Å²) in [4.78, 5) is 13.7. The molecule has 1 aliphatic heterocycles. The molecule has 0 radical (unpaired) electrons. The Morgan fingerprint density at radius 1 is 1.39 bits per heavy atom. The Kier molecular flexibility index (Phi) is 3.99. The maximum Gasteiger partial charge on any atom is 0.248 e. The molecule has 0 bridgehead atoms. The summed E-state index contributed by atoms with van der Waals surface area (Å²) in [6, 6.07) is 6.24. The maximum absolute atomic E-state index is 11.4. The molecule has 1 aliphatic rings. The highest BCUT2D eigenvalue weighted by atomic mass is 16.5. The van der Waals surface area contributed by atoms with Gasteiger partial charge < -0.3 is 10.5 Å². The predicted molar refractivity (Wildman–Crippen MR) is 70.5 cm³/mol. The van der Waals surface area contributed by atoms with Gasteiger partial charge in [-0.15, -0.1) is 0 Å². The van der Waals surface area contributed by atoms with Crippen LogP contribution < -0.4 is 5.73 Å². The number of benzene rings is 1. The zero-order chi connectivity index (χ0) is 13.1. The number of morpholine rings is 1. The van der Waals surface area contributed by atoms with Gasteiger partial charge in [0.05, 0.1) is 13.2 Å². The van der Waals surface area contributed by atoms with Crippen LogP contribution in [0.3, 0.4) is 0 Å². The molecule has 1 aromatic carbocycles. The van der Waals surface area contributed by atoms with Crippen LogP contribution >= 0.6 is 0 Å². The average Bonchev–Trinajstić information content (AvgIpc) is 2.39. The molecule has 0 saturated carbocycles. The molecule has 4 nitrogen and oxygen atoms in total. The number of nitrogens with zero attached hydrogens (tertiary/aromatic N) is 1. The van der Waals surface area contributed by atoms with Crippen molar-refractivity contribution in [3.8, 4) is 0 Å². The Hall–Kier alpha value is -1.39. The van der Waals surface area contributed by atoms with E-state index in [2.05, 4.69) is 17.9 Å². The molecule has 18 heavy (non-hydrogen) atoms. The van der Waals surface area contributed by atoms with Crippen molar-refractivity contribution >= 4 is 5.91 Å². The van der Waals surface area contributed by atoms with Gasteiger partial charge in [-0.3, -0.25) is 9.69 Å². The lowest BCUT2D eigenvalue weighted by molar-refractivity contribution is 0.0198. The lowest BCUT2D eigenvalue weighted by atomic mass is 9.99. The van der Waals surface area contributed by atoms with Crippen molar-refractivity contribution in [3.05, 3.63) is 34.9 Å². The van der Waals surface area contributed by atoms with E-state index >= 15 is 0 Å². The van der Waals surface area contributed by atoms with Gasteiger partial charge in [-0.05, 0) is 31.0 Å². The van der Waals surface area contributed by atoms with Gasteiger partial charge in [0.2, 0.25) is 5.91 Å². The van der Waals surface area contributed by atoms with E-state index < -0.39 is 0 Å². The van der Waals surface area contributed by atoms with Gasteiger partial charge in [-0.1, -0.05) is 12.1 Å². The Morgan fingerprint density at radius 2 is 2.06 bits per heavy atom. The minimum Gasteiger partial charge on any atom is -0.379 e. The molecule has 0 aliphatic carbocycles. The molecule has 1 atom stereocenters. The number of amides is 1. The number of aryl methyl sites for hydroxylation is 1. The minimum atomic E-state index is -0.358. The van der Waals surface area contributed by atoms with Crippen molar-refractivity contribution in [1.82, 2.24) is 4.90 Å². The Bertz CT molecular complexity index is 439. The number of hydrogen-bond donors (Lipinski definition) is 1. The fraction of sp³-hybridized carbons (Fsp3) is 0.500. The number of nitrogens with two attached hydrogens (primary N) is 1. The highest BCUT2D eigenvalue weighted by Crippen LogP contribution is 2.23. The van der Waals surface area contributed by atoms with Crippen molar-refractivity contribution in [1.29, 1.82) is 0 Å². The molecule has 2 rings (SSSR count). The van der Waals surface area contributed by atoms with Crippen LogP contribution in [0.25, 0.3) is 0 Å². The first-order valence-corrected chi connectivity index (χ1v) is 6.31. The zero-order valence-electron chi connectivity index (χ0n) is 11.0. The topological polar surface area (TPSA) is 55.6 Å². The molecule has 1 heterocycles. The van der Waals surface area contributed by atoms with E-state index in [0.717, 1.165) is 37.4 Å². The highest BCUT2D eigenvalue weighted by Gasteiger charge is 2.19. The second-order valence-corrected chi connectivity index (χ2v) is 4.76. The van der Waals surface area contributed by atoms with Gasteiger partial charge in [0.25, 0.3) is 0 Å². The monoisotopic (exact) mass is 248 g/mol. The summed E-state index contributed by atoms with van der Waals surface area (Å²) in [7, 11) is 0. The molecular weight excluding hydrogens is 228 g/mol. The summed E-state index contributed by atoms with van der Waals surface area (Å²) in [6.45, 7) is 7.48. The van der Waals surface area contributed by atoms with Gasteiger partial charge in [0.15, 0.2) is 0 Å². The summed E-state index contributed by atoms with van der Waals surface area (Å²) in [5.74, 6) is -0.358. The van der Waals surface area contributed by atoms with Crippen LogP contribution in [0.5, 0.6) is 0 Å². The van der Waals surface area contributed by atoms with Gasteiger partial charge >= 0.3 is 0 Å². The maximum atomic E-state index is 11.4. The van der Waals surface area contributed by atoms with Crippen LogP contribution in [-0.2, 0) is 4.74 Å². The van der Waals surface area contributed by atoms with E-state index in [1.54, 1.807) is 0 Å². The largest absolute Gasteiger partial charge is 0.379 e. The van der Waals surface area contributed by atoms with E-state index in [1.165, 1.54) is 0 Å². The number of hydrogen-bond acceptors (Lipinski definition) is 3. The Morgan fingerprint density at radius 3 is 2.67 bits per heavy atom. The lowest BCUT2D eigenvalue weighted by Crippen LogP contribution is -2.38. The van der Waals surface area contributed by atoms with Crippen LogP contribution in [0.15, 0.2) is 18.2 Å². The van der Waals surface area contributed by atoms with Crippen LogP contribution in [-0.4, -0.2) is 37.1 Å². The molecule has 1 unspecified atom stereocenters. The fourth-order valence-electron chi connectivity index (χ4n) is 2.34. The van der Waals surface area contributed by atoms with E-state index in [9.17, 15) is 4.79 Å². The summed E-state index contributed by atoms with van der Waals surface area (Å²) >= 11 is 0. The van der Waals surface area contributed by atoms with Crippen LogP contribution in [0, 0.1) is 6.92 Å². The van der Waals surface area contributed by atoms with Gasteiger partial charge in [-0.2, -0.15) is 0 Å². The number of rotatable bonds is 3. The molecule has 0 spiro atoms. The molecular formula is C14H20N2O2. The van der Waals surface area contributed by atoms with Gasteiger partial charge in [0, 0.05) is 24.7 Å². The van der Waals surface area contributed by atoms with E-state index in [1.807, 2.05) is 19.1 Å².